The summed E-state index contributed by atoms with van der Waals surface area (Å²) in [7, 11) is -3.37. The van der Waals surface area contributed by atoms with Crippen LogP contribution < -0.4 is 5.32 Å². The normalized spacial score (nSPS) is 26.0. The summed E-state index contributed by atoms with van der Waals surface area (Å²) < 4.78 is 32.7. The Bertz CT molecular complexity index is 621. The minimum absolute atomic E-state index is 0. The van der Waals surface area contributed by atoms with Crippen LogP contribution in [0.3, 0.4) is 0 Å². The topological polar surface area (TPSA) is 58.6 Å². The number of hydrogen-bond donors (Lipinski definition) is 1. The van der Waals surface area contributed by atoms with Crippen LogP contribution >= 0.6 is 24.0 Å². The highest BCUT2D eigenvalue weighted by Crippen LogP contribution is 2.31. The number of ether oxygens (including phenoxy) is 1. The summed E-state index contributed by atoms with van der Waals surface area (Å²) in [5.41, 5.74) is 0.854. The Labute approximate surface area is 148 Å². The average molecular weight is 381 g/mol. The van der Waals surface area contributed by atoms with E-state index in [2.05, 4.69) is 5.32 Å². The number of rotatable bonds is 4. The number of nitrogens with one attached hydrogen (secondary N) is 1. The molecule has 0 amide bonds. The Balaban J connectivity index is 0.00000192. The maximum Gasteiger partial charge on any atom is 0.217 e. The molecule has 0 spiro atoms. The molecular formula is C15H22Cl2N2O3S. The van der Waals surface area contributed by atoms with E-state index in [1.807, 2.05) is 18.2 Å². The zero-order valence-corrected chi connectivity index (χ0v) is 15.2. The van der Waals surface area contributed by atoms with E-state index in [4.69, 9.17) is 16.3 Å². The minimum Gasteiger partial charge on any atom is -0.377 e. The highest BCUT2D eigenvalue weighted by Gasteiger charge is 2.36. The summed E-state index contributed by atoms with van der Waals surface area (Å²) in [6.45, 7) is 2.36. The largest absolute Gasteiger partial charge is 0.377 e. The zero-order chi connectivity index (χ0) is 15.6. The third-order valence-corrected chi connectivity index (χ3v) is 6.53. The number of halogens is 2. The number of hydrogen-bond acceptors (Lipinski definition) is 4. The van der Waals surface area contributed by atoms with Crippen molar-refractivity contribution in [2.24, 2.45) is 0 Å². The van der Waals surface area contributed by atoms with Gasteiger partial charge in [-0.2, -0.15) is 4.31 Å². The second kappa shape index (κ2) is 8.14. The van der Waals surface area contributed by atoms with Crippen LogP contribution in [0.1, 0.15) is 24.4 Å². The highest BCUT2D eigenvalue weighted by atomic mass is 35.5. The summed E-state index contributed by atoms with van der Waals surface area (Å²) in [5.74, 6) is 0.0634. The number of piperazine rings is 1. The molecule has 0 bridgehead atoms. The lowest BCUT2D eigenvalue weighted by Gasteiger charge is -2.36. The summed E-state index contributed by atoms with van der Waals surface area (Å²) in [6.07, 6.45) is 1.59. The molecule has 1 aromatic rings. The van der Waals surface area contributed by atoms with Gasteiger partial charge in [-0.3, -0.25) is 0 Å². The Morgan fingerprint density at radius 3 is 2.83 bits per heavy atom. The van der Waals surface area contributed by atoms with E-state index in [1.165, 1.54) is 0 Å². The van der Waals surface area contributed by atoms with Crippen molar-refractivity contribution in [3.05, 3.63) is 34.9 Å². The molecule has 2 unspecified atom stereocenters. The third kappa shape index (κ3) is 4.38. The van der Waals surface area contributed by atoms with E-state index < -0.39 is 10.0 Å². The molecular weight excluding hydrogens is 359 g/mol. The fraction of sp³-hybridized carbons (Fsp3) is 0.600. The van der Waals surface area contributed by atoms with Crippen molar-refractivity contribution in [3.63, 3.8) is 0 Å². The van der Waals surface area contributed by atoms with Gasteiger partial charge in [-0.15, -0.1) is 12.4 Å². The molecule has 8 heteroatoms. The molecule has 2 aliphatic rings. The van der Waals surface area contributed by atoms with Crippen molar-refractivity contribution >= 4 is 34.0 Å². The summed E-state index contributed by atoms with van der Waals surface area (Å²) in [6, 6.07) is 7.19. The summed E-state index contributed by atoms with van der Waals surface area (Å²) in [4.78, 5) is 0. The Morgan fingerprint density at radius 1 is 1.35 bits per heavy atom. The quantitative estimate of drug-likeness (QED) is 0.869. The average Bonchev–Trinajstić information content (AvgIpc) is 3.00. The molecule has 0 aliphatic carbocycles. The van der Waals surface area contributed by atoms with E-state index in [0.717, 1.165) is 18.4 Å². The van der Waals surface area contributed by atoms with Gasteiger partial charge in [-0.05, 0) is 24.5 Å². The van der Waals surface area contributed by atoms with Gasteiger partial charge < -0.3 is 10.1 Å². The van der Waals surface area contributed by atoms with Gasteiger partial charge in [-0.1, -0.05) is 29.8 Å². The Morgan fingerprint density at radius 2 is 2.13 bits per heavy atom. The molecule has 0 aromatic heterocycles. The maximum absolute atomic E-state index is 12.8. The second-order valence-electron chi connectivity index (χ2n) is 5.77. The fourth-order valence-corrected chi connectivity index (χ4v) is 5.27. The second-order valence-corrected chi connectivity index (χ2v) is 8.14. The van der Waals surface area contributed by atoms with Crippen molar-refractivity contribution in [1.29, 1.82) is 0 Å². The van der Waals surface area contributed by atoms with Gasteiger partial charge in [0.1, 0.15) is 0 Å². The zero-order valence-electron chi connectivity index (χ0n) is 12.8. The molecule has 2 heterocycles. The summed E-state index contributed by atoms with van der Waals surface area (Å²) >= 11 is 6.27. The van der Waals surface area contributed by atoms with Gasteiger partial charge in [-0.25, -0.2) is 8.42 Å². The van der Waals surface area contributed by atoms with Crippen LogP contribution in [-0.4, -0.2) is 50.8 Å². The third-order valence-electron chi connectivity index (χ3n) is 4.24. The van der Waals surface area contributed by atoms with Crippen LogP contribution in [0.2, 0.25) is 5.02 Å². The molecule has 2 fully saturated rings. The number of sulfonamides is 1. The first kappa shape index (κ1) is 19.0. The van der Waals surface area contributed by atoms with E-state index >= 15 is 0 Å². The van der Waals surface area contributed by atoms with Crippen LogP contribution in [0.4, 0.5) is 0 Å². The van der Waals surface area contributed by atoms with Crippen LogP contribution in [0.15, 0.2) is 24.3 Å². The van der Waals surface area contributed by atoms with Crippen LogP contribution in [0.5, 0.6) is 0 Å². The van der Waals surface area contributed by atoms with Crippen molar-refractivity contribution in [2.45, 2.75) is 25.0 Å². The van der Waals surface area contributed by atoms with Crippen molar-refractivity contribution in [2.75, 3.05) is 32.0 Å². The molecule has 2 aliphatic heterocycles. The molecule has 5 nitrogen and oxygen atoms in total. The van der Waals surface area contributed by atoms with Gasteiger partial charge >= 0.3 is 0 Å². The Kier molecular flexibility index (Phi) is 6.71. The van der Waals surface area contributed by atoms with Crippen molar-refractivity contribution in [1.82, 2.24) is 9.62 Å². The molecule has 2 atom stereocenters. The molecule has 3 rings (SSSR count). The lowest BCUT2D eigenvalue weighted by Crippen LogP contribution is -2.50. The van der Waals surface area contributed by atoms with Gasteiger partial charge in [0.05, 0.1) is 17.9 Å². The van der Waals surface area contributed by atoms with E-state index in [1.54, 1.807) is 10.4 Å². The van der Waals surface area contributed by atoms with E-state index in [-0.39, 0.29) is 30.3 Å². The summed E-state index contributed by atoms with van der Waals surface area (Å²) in [5, 5.41) is 3.87. The van der Waals surface area contributed by atoms with Crippen molar-refractivity contribution < 1.29 is 13.2 Å². The van der Waals surface area contributed by atoms with Gasteiger partial charge in [0.15, 0.2) is 0 Å². The standard InChI is InChI=1S/C15H21ClN2O3S.ClH/c16-14-6-2-1-5-13(14)15-10-17-7-8-18(15)22(19,20)11-12-4-3-9-21-12;/h1-2,5-6,12,15,17H,3-4,7-11H2;1H. The van der Waals surface area contributed by atoms with E-state index in [9.17, 15) is 8.42 Å². The van der Waals surface area contributed by atoms with Gasteiger partial charge in [0.2, 0.25) is 10.0 Å². The van der Waals surface area contributed by atoms with Gasteiger partial charge in [0.25, 0.3) is 0 Å². The number of benzene rings is 1. The first-order valence-corrected chi connectivity index (χ1v) is 9.63. The van der Waals surface area contributed by atoms with Crippen LogP contribution in [0, 0.1) is 0 Å². The molecule has 0 radical (unpaired) electrons. The molecule has 2 saturated heterocycles. The maximum atomic E-state index is 12.8. The smallest absolute Gasteiger partial charge is 0.217 e. The highest BCUT2D eigenvalue weighted by molar-refractivity contribution is 7.89. The monoisotopic (exact) mass is 380 g/mol. The van der Waals surface area contributed by atoms with Gasteiger partial charge in [0, 0.05) is 31.3 Å². The lowest BCUT2D eigenvalue weighted by atomic mass is 10.1. The fourth-order valence-electron chi connectivity index (χ4n) is 3.14. The lowest BCUT2D eigenvalue weighted by molar-refractivity contribution is 0.125. The molecule has 130 valence electrons. The SMILES string of the molecule is Cl.O=S(=O)(CC1CCCO1)N1CCNCC1c1ccccc1Cl. The number of nitrogens with zero attached hydrogens (tertiary/aromatic N) is 1. The van der Waals surface area contributed by atoms with Crippen molar-refractivity contribution in [3.8, 4) is 0 Å². The predicted octanol–water partition coefficient (Wildman–Crippen LogP) is 2.22. The van der Waals surface area contributed by atoms with Crippen LogP contribution in [0.25, 0.3) is 0 Å². The molecule has 1 aromatic carbocycles. The van der Waals surface area contributed by atoms with E-state index in [0.29, 0.717) is 31.3 Å². The molecule has 1 N–H and O–H groups in total. The molecule has 0 saturated carbocycles. The Hall–Kier alpha value is -0.370. The first-order chi connectivity index (χ1) is 10.6. The minimum atomic E-state index is -3.37. The first-order valence-electron chi connectivity index (χ1n) is 7.64. The predicted molar refractivity (Wildman–Crippen MR) is 93.8 cm³/mol. The molecule has 23 heavy (non-hydrogen) atoms. The van der Waals surface area contributed by atoms with Crippen LogP contribution in [-0.2, 0) is 14.8 Å².